The van der Waals surface area contributed by atoms with Gasteiger partial charge in [-0.15, -0.1) is 0 Å². The number of carbonyl (C=O) groups is 1. The number of rotatable bonds is 5. The molecule has 0 saturated heterocycles. The highest BCUT2D eigenvalue weighted by atomic mass is 32.2. The van der Waals surface area contributed by atoms with E-state index in [0.29, 0.717) is 16.9 Å². The second-order valence-electron chi connectivity index (χ2n) is 5.54. The Balaban J connectivity index is 2.13. The third kappa shape index (κ3) is 3.48. The van der Waals surface area contributed by atoms with Crippen LogP contribution >= 0.6 is 0 Å². The molecular weight excluding hydrogens is 272 g/mol. The van der Waals surface area contributed by atoms with Crippen LogP contribution in [0.4, 0.5) is 0 Å². The van der Waals surface area contributed by atoms with Gasteiger partial charge >= 0.3 is 0 Å². The molecule has 2 rings (SSSR count). The number of hydrogen-bond donors (Lipinski definition) is 0. The Bertz CT molecular complexity index is 552. The normalized spacial score (nSPS) is 17.1. The standard InChI is InChI=1S/C16H22O3S/c1-2-12-20(18,19)15-10-8-14(9-11-15)16(17)13-6-4-3-5-7-13/h8-11,13H,2-7,12H2,1H3. The van der Waals surface area contributed by atoms with Crippen molar-refractivity contribution in [3.05, 3.63) is 29.8 Å². The minimum Gasteiger partial charge on any atom is -0.294 e. The zero-order valence-electron chi connectivity index (χ0n) is 12.0. The molecular formula is C16H22O3S. The first kappa shape index (κ1) is 15.2. The molecule has 0 N–H and O–H groups in total. The molecule has 0 bridgehead atoms. The second-order valence-corrected chi connectivity index (χ2v) is 7.65. The molecule has 1 aliphatic carbocycles. The minimum absolute atomic E-state index is 0.127. The van der Waals surface area contributed by atoms with Gasteiger partial charge in [0.15, 0.2) is 15.6 Å². The predicted molar refractivity (Wildman–Crippen MR) is 79.7 cm³/mol. The van der Waals surface area contributed by atoms with Crippen LogP contribution in [-0.4, -0.2) is 20.0 Å². The lowest BCUT2D eigenvalue weighted by molar-refractivity contribution is 0.0889. The van der Waals surface area contributed by atoms with Gasteiger partial charge in [-0.2, -0.15) is 0 Å². The zero-order chi connectivity index (χ0) is 14.6. The molecule has 1 saturated carbocycles. The molecule has 1 aromatic carbocycles. The highest BCUT2D eigenvalue weighted by Crippen LogP contribution is 2.27. The van der Waals surface area contributed by atoms with Crippen LogP contribution < -0.4 is 0 Å². The van der Waals surface area contributed by atoms with E-state index in [9.17, 15) is 13.2 Å². The van der Waals surface area contributed by atoms with Gasteiger partial charge in [0.05, 0.1) is 10.6 Å². The second kappa shape index (κ2) is 6.53. The summed E-state index contributed by atoms with van der Waals surface area (Å²) in [5, 5.41) is 0. The number of benzene rings is 1. The smallest absolute Gasteiger partial charge is 0.178 e. The summed E-state index contributed by atoms with van der Waals surface area (Å²) >= 11 is 0. The fourth-order valence-electron chi connectivity index (χ4n) is 2.81. The number of carbonyl (C=O) groups excluding carboxylic acids is 1. The summed E-state index contributed by atoms with van der Waals surface area (Å²) in [6.07, 6.45) is 6.01. The van der Waals surface area contributed by atoms with Gasteiger partial charge < -0.3 is 0 Å². The van der Waals surface area contributed by atoms with Crippen molar-refractivity contribution in [2.45, 2.75) is 50.3 Å². The first-order chi connectivity index (χ1) is 9.54. The first-order valence-electron chi connectivity index (χ1n) is 7.41. The van der Waals surface area contributed by atoms with Crippen LogP contribution in [0, 0.1) is 5.92 Å². The highest BCUT2D eigenvalue weighted by molar-refractivity contribution is 7.91. The summed E-state index contributed by atoms with van der Waals surface area (Å²) in [5.41, 5.74) is 0.646. The van der Waals surface area contributed by atoms with E-state index in [-0.39, 0.29) is 17.5 Å². The Kier molecular flexibility index (Phi) is 4.97. The van der Waals surface area contributed by atoms with Crippen molar-refractivity contribution in [3.63, 3.8) is 0 Å². The van der Waals surface area contributed by atoms with E-state index >= 15 is 0 Å². The van der Waals surface area contributed by atoms with E-state index in [2.05, 4.69) is 0 Å². The van der Waals surface area contributed by atoms with Gasteiger partial charge in [-0.05, 0) is 31.4 Å². The van der Waals surface area contributed by atoms with Crippen molar-refractivity contribution >= 4 is 15.6 Å². The van der Waals surface area contributed by atoms with E-state index in [0.717, 1.165) is 25.7 Å². The van der Waals surface area contributed by atoms with E-state index in [1.165, 1.54) is 6.42 Å². The van der Waals surface area contributed by atoms with Crippen molar-refractivity contribution in [2.24, 2.45) is 5.92 Å². The van der Waals surface area contributed by atoms with Gasteiger partial charge in [-0.1, -0.05) is 38.3 Å². The summed E-state index contributed by atoms with van der Waals surface area (Å²) in [6.45, 7) is 1.85. The Morgan fingerprint density at radius 3 is 2.25 bits per heavy atom. The maximum Gasteiger partial charge on any atom is 0.178 e. The van der Waals surface area contributed by atoms with Gasteiger partial charge in [0.2, 0.25) is 0 Å². The Hall–Kier alpha value is -1.16. The molecule has 0 aromatic heterocycles. The quantitative estimate of drug-likeness (QED) is 0.779. The fourth-order valence-corrected chi connectivity index (χ4v) is 4.14. The molecule has 0 heterocycles. The third-order valence-corrected chi connectivity index (χ3v) is 5.88. The topological polar surface area (TPSA) is 51.2 Å². The summed E-state index contributed by atoms with van der Waals surface area (Å²) in [4.78, 5) is 12.7. The molecule has 3 nitrogen and oxygen atoms in total. The predicted octanol–water partition coefficient (Wildman–Crippen LogP) is 3.63. The zero-order valence-corrected chi connectivity index (χ0v) is 12.8. The molecule has 4 heteroatoms. The summed E-state index contributed by atoms with van der Waals surface area (Å²) in [6, 6.07) is 6.47. The van der Waals surface area contributed by atoms with Crippen LogP contribution in [0.25, 0.3) is 0 Å². The van der Waals surface area contributed by atoms with Crippen LogP contribution in [0.2, 0.25) is 0 Å². The molecule has 0 radical (unpaired) electrons. The van der Waals surface area contributed by atoms with Gasteiger partial charge in [-0.3, -0.25) is 4.79 Å². The largest absolute Gasteiger partial charge is 0.294 e. The average molecular weight is 294 g/mol. The third-order valence-electron chi connectivity index (χ3n) is 3.95. The summed E-state index contributed by atoms with van der Waals surface area (Å²) in [7, 11) is -3.19. The number of ketones is 1. The lowest BCUT2D eigenvalue weighted by atomic mass is 9.84. The van der Waals surface area contributed by atoms with E-state index in [1.807, 2.05) is 6.92 Å². The van der Waals surface area contributed by atoms with E-state index in [4.69, 9.17) is 0 Å². The maximum absolute atomic E-state index is 12.3. The molecule has 0 aliphatic heterocycles. The summed E-state index contributed by atoms with van der Waals surface area (Å²) in [5.74, 6) is 0.453. The molecule has 0 amide bonds. The van der Waals surface area contributed by atoms with Crippen molar-refractivity contribution in [2.75, 3.05) is 5.75 Å². The molecule has 0 atom stereocenters. The fraction of sp³-hybridized carbons (Fsp3) is 0.562. The van der Waals surface area contributed by atoms with Crippen molar-refractivity contribution in [3.8, 4) is 0 Å². The molecule has 20 heavy (non-hydrogen) atoms. The number of hydrogen-bond acceptors (Lipinski definition) is 3. The highest BCUT2D eigenvalue weighted by Gasteiger charge is 2.22. The van der Waals surface area contributed by atoms with Crippen molar-refractivity contribution in [1.82, 2.24) is 0 Å². The van der Waals surface area contributed by atoms with Crippen LogP contribution in [-0.2, 0) is 9.84 Å². The average Bonchev–Trinajstić information content (AvgIpc) is 2.47. The molecule has 1 fully saturated rings. The molecule has 110 valence electrons. The van der Waals surface area contributed by atoms with Crippen molar-refractivity contribution < 1.29 is 13.2 Å². The monoisotopic (exact) mass is 294 g/mol. The van der Waals surface area contributed by atoms with Gasteiger partial charge in [-0.25, -0.2) is 8.42 Å². The van der Waals surface area contributed by atoms with Crippen LogP contribution in [0.1, 0.15) is 55.8 Å². The molecule has 0 unspecified atom stereocenters. The van der Waals surface area contributed by atoms with Crippen LogP contribution in [0.15, 0.2) is 29.2 Å². The Labute approximate surface area is 121 Å². The van der Waals surface area contributed by atoms with Crippen molar-refractivity contribution in [1.29, 1.82) is 0 Å². The van der Waals surface area contributed by atoms with E-state index < -0.39 is 9.84 Å². The number of sulfone groups is 1. The molecule has 0 spiro atoms. The summed E-state index contributed by atoms with van der Waals surface area (Å²) < 4.78 is 23.9. The number of Topliss-reactive ketones (excluding diaryl/α,β-unsaturated/α-hetero) is 1. The SMILES string of the molecule is CCCS(=O)(=O)c1ccc(C(=O)C2CCCCC2)cc1. The molecule has 1 aliphatic rings. The van der Waals surface area contributed by atoms with Gasteiger partial charge in [0.25, 0.3) is 0 Å². The first-order valence-corrected chi connectivity index (χ1v) is 9.07. The Morgan fingerprint density at radius 1 is 1.10 bits per heavy atom. The molecule has 1 aromatic rings. The van der Waals surface area contributed by atoms with Crippen LogP contribution in [0.5, 0.6) is 0 Å². The lowest BCUT2D eigenvalue weighted by Crippen LogP contribution is -2.18. The lowest BCUT2D eigenvalue weighted by Gasteiger charge is -2.20. The van der Waals surface area contributed by atoms with E-state index in [1.54, 1.807) is 24.3 Å². The van der Waals surface area contributed by atoms with Gasteiger partial charge in [0, 0.05) is 11.5 Å². The minimum atomic E-state index is -3.19. The van der Waals surface area contributed by atoms with Crippen LogP contribution in [0.3, 0.4) is 0 Å². The Morgan fingerprint density at radius 2 is 1.70 bits per heavy atom. The maximum atomic E-state index is 12.3. The van der Waals surface area contributed by atoms with Gasteiger partial charge in [0.1, 0.15) is 0 Å².